The van der Waals surface area contributed by atoms with Crippen LogP contribution >= 0.6 is 11.3 Å². The number of thiophene rings is 1. The van der Waals surface area contributed by atoms with E-state index >= 15 is 0 Å². The molecule has 0 saturated heterocycles. The summed E-state index contributed by atoms with van der Waals surface area (Å²) in [7, 11) is 0. The first kappa shape index (κ1) is 14.5. The van der Waals surface area contributed by atoms with Crippen molar-refractivity contribution in [1.29, 1.82) is 0 Å². The molecule has 0 aliphatic heterocycles. The Kier molecular flexibility index (Phi) is 3.54. The van der Waals surface area contributed by atoms with Crippen molar-refractivity contribution in [1.82, 2.24) is 9.55 Å². The molecule has 3 aromatic rings. The van der Waals surface area contributed by atoms with Crippen molar-refractivity contribution in [2.75, 3.05) is 0 Å². The molecule has 0 aliphatic carbocycles. The second kappa shape index (κ2) is 5.38. The summed E-state index contributed by atoms with van der Waals surface area (Å²) in [5.74, 6) is -0.930. The lowest BCUT2D eigenvalue weighted by Gasteiger charge is -2.17. The molecule has 0 unspecified atom stereocenters. The van der Waals surface area contributed by atoms with E-state index in [4.69, 9.17) is 0 Å². The van der Waals surface area contributed by atoms with E-state index in [1.807, 2.05) is 30.3 Å². The van der Waals surface area contributed by atoms with E-state index in [0.29, 0.717) is 16.0 Å². The van der Waals surface area contributed by atoms with E-state index in [2.05, 4.69) is 4.98 Å². The zero-order chi connectivity index (χ0) is 15.9. The summed E-state index contributed by atoms with van der Waals surface area (Å²) in [5, 5.41) is 11.5. The molecule has 0 fully saturated rings. The Morgan fingerprint density at radius 1 is 1.32 bits per heavy atom. The zero-order valence-corrected chi connectivity index (χ0v) is 12.9. The molecule has 0 N–H and O–H groups in total. The number of hydrogen-bond acceptors (Lipinski definition) is 5. The first-order valence-electron chi connectivity index (χ1n) is 6.78. The lowest BCUT2D eigenvalue weighted by molar-refractivity contribution is -0.309. The van der Waals surface area contributed by atoms with Crippen LogP contribution in [0.4, 0.5) is 0 Å². The third-order valence-electron chi connectivity index (χ3n) is 3.56. The molecule has 1 atom stereocenters. The molecule has 2 heterocycles. The summed E-state index contributed by atoms with van der Waals surface area (Å²) < 4.78 is 1.17. The molecule has 1 aromatic carbocycles. The zero-order valence-electron chi connectivity index (χ0n) is 12.1. The van der Waals surface area contributed by atoms with Gasteiger partial charge in [0.1, 0.15) is 10.7 Å². The lowest BCUT2D eigenvalue weighted by Crippen LogP contribution is -2.37. The van der Waals surface area contributed by atoms with Gasteiger partial charge in [-0.25, -0.2) is 4.98 Å². The van der Waals surface area contributed by atoms with Crippen molar-refractivity contribution in [2.45, 2.75) is 19.9 Å². The van der Waals surface area contributed by atoms with E-state index in [1.54, 1.807) is 13.0 Å². The van der Waals surface area contributed by atoms with Crippen LogP contribution in [0, 0.1) is 6.92 Å². The van der Waals surface area contributed by atoms with Gasteiger partial charge in [0.2, 0.25) is 0 Å². The number of fused-ring (bicyclic) bond motifs is 1. The van der Waals surface area contributed by atoms with Gasteiger partial charge in [0.25, 0.3) is 5.56 Å². The number of aryl methyl sites for hydroxylation is 1. The molecular formula is C16H13N2O3S-. The number of benzene rings is 1. The number of carboxylic acids is 1. The number of carboxylic acid groups (broad SMARTS) is 1. The minimum absolute atomic E-state index is 0.349. The highest BCUT2D eigenvalue weighted by atomic mass is 32.1. The van der Waals surface area contributed by atoms with Crippen LogP contribution in [0.1, 0.15) is 18.8 Å². The molecule has 0 bridgehead atoms. The van der Waals surface area contributed by atoms with Crippen molar-refractivity contribution in [3.8, 4) is 10.4 Å². The standard InChI is InChI=1S/C16H14N2O3S/c1-9(16(20)21)18-10(2)17-14-12(15(18)19)8-13(22-14)11-6-4-3-5-7-11/h3-9H,1-2H3,(H,20,21)/p-1/t9-/m1/s1. The fraction of sp³-hybridized carbons (Fsp3) is 0.188. The highest BCUT2D eigenvalue weighted by Crippen LogP contribution is 2.31. The van der Waals surface area contributed by atoms with Crippen molar-refractivity contribution in [3.05, 3.63) is 52.6 Å². The molecule has 0 aliphatic rings. The van der Waals surface area contributed by atoms with Crippen molar-refractivity contribution in [2.24, 2.45) is 0 Å². The normalized spacial score (nSPS) is 12.5. The molecule has 0 amide bonds. The van der Waals surface area contributed by atoms with Gasteiger partial charge >= 0.3 is 0 Å². The summed E-state index contributed by atoms with van der Waals surface area (Å²) >= 11 is 1.42. The third kappa shape index (κ3) is 2.31. The van der Waals surface area contributed by atoms with Gasteiger partial charge < -0.3 is 9.90 Å². The number of nitrogens with zero attached hydrogens (tertiary/aromatic N) is 2. The maximum atomic E-state index is 12.6. The van der Waals surface area contributed by atoms with E-state index in [0.717, 1.165) is 10.4 Å². The number of carbonyl (C=O) groups excluding carboxylic acids is 1. The highest BCUT2D eigenvalue weighted by molar-refractivity contribution is 7.21. The topological polar surface area (TPSA) is 75.0 Å². The average Bonchev–Trinajstić information content (AvgIpc) is 2.92. The van der Waals surface area contributed by atoms with Crippen LogP contribution in [-0.4, -0.2) is 15.5 Å². The van der Waals surface area contributed by atoms with Gasteiger partial charge in [0.05, 0.1) is 17.4 Å². The number of aromatic nitrogens is 2. The van der Waals surface area contributed by atoms with Crippen LogP contribution < -0.4 is 10.7 Å². The van der Waals surface area contributed by atoms with Crippen LogP contribution in [-0.2, 0) is 4.79 Å². The van der Waals surface area contributed by atoms with E-state index in [-0.39, 0.29) is 5.56 Å². The first-order valence-corrected chi connectivity index (χ1v) is 7.59. The molecule has 112 valence electrons. The van der Waals surface area contributed by atoms with Crippen LogP contribution in [0.3, 0.4) is 0 Å². The van der Waals surface area contributed by atoms with Gasteiger partial charge in [-0.1, -0.05) is 30.3 Å². The van der Waals surface area contributed by atoms with Crippen molar-refractivity contribution >= 4 is 27.5 Å². The van der Waals surface area contributed by atoms with Gasteiger partial charge in [0.15, 0.2) is 0 Å². The van der Waals surface area contributed by atoms with Crippen LogP contribution in [0.5, 0.6) is 0 Å². The van der Waals surface area contributed by atoms with Gasteiger partial charge in [-0.15, -0.1) is 11.3 Å². The maximum Gasteiger partial charge on any atom is 0.262 e. The molecular weight excluding hydrogens is 300 g/mol. The first-order chi connectivity index (χ1) is 10.5. The van der Waals surface area contributed by atoms with Crippen molar-refractivity contribution < 1.29 is 9.90 Å². The third-order valence-corrected chi connectivity index (χ3v) is 4.64. The van der Waals surface area contributed by atoms with Crippen LogP contribution in [0.15, 0.2) is 41.2 Å². The minimum Gasteiger partial charge on any atom is -0.548 e. The Morgan fingerprint density at radius 2 is 2.00 bits per heavy atom. The largest absolute Gasteiger partial charge is 0.548 e. The summed E-state index contributed by atoms with van der Waals surface area (Å²) in [6.07, 6.45) is 0. The van der Waals surface area contributed by atoms with Crippen LogP contribution in [0.2, 0.25) is 0 Å². The van der Waals surface area contributed by atoms with Gasteiger partial charge in [-0.05, 0) is 25.5 Å². The second-order valence-electron chi connectivity index (χ2n) is 5.02. The molecule has 0 radical (unpaired) electrons. The van der Waals surface area contributed by atoms with Gasteiger partial charge in [0, 0.05) is 4.88 Å². The number of carbonyl (C=O) groups is 1. The Hall–Kier alpha value is -2.47. The lowest BCUT2D eigenvalue weighted by atomic mass is 10.2. The van der Waals surface area contributed by atoms with E-state index in [9.17, 15) is 14.7 Å². The van der Waals surface area contributed by atoms with Crippen LogP contribution in [0.25, 0.3) is 20.7 Å². The Balaban J connectivity index is 2.24. The number of rotatable bonds is 3. The molecule has 2 aromatic heterocycles. The Morgan fingerprint density at radius 3 is 2.64 bits per heavy atom. The maximum absolute atomic E-state index is 12.6. The number of aliphatic carboxylic acids is 1. The molecule has 0 saturated carbocycles. The van der Waals surface area contributed by atoms with E-state index in [1.165, 1.54) is 22.8 Å². The predicted molar refractivity (Wildman–Crippen MR) is 83.8 cm³/mol. The molecule has 3 rings (SSSR count). The smallest absolute Gasteiger partial charge is 0.262 e. The fourth-order valence-corrected chi connectivity index (χ4v) is 3.47. The summed E-state index contributed by atoms with van der Waals surface area (Å²) in [6.45, 7) is 3.05. The fourth-order valence-electron chi connectivity index (χ4n) is 2.40. The molecule has 22 heavy (non-hydrogen) atoms. The molecule has 5 nitrogen and oxygen atoms in total. The van der Waals surface area contributed by atoms with Crippen molar-refractivity contribution in [3.63, 3.8) is 0 Å². The van der Waals surface area contributed by atoms with Gasteiger partial charge in [-0.3, -0.25) is 9.36 Å². The monoisotopic (exact) mass is 313 g/mol. The SMILES string of the molecule is Cc1nc2sc(-c3ccccc3)cc2c(=O)n1[C@H](C)C(=O)[O-]. The Labute approximate surface area is 130 Å². The van der Waals surface area contributed by atoms with E-state index < -0.39 is 12.0 Å². The summed E-state index contributed by atoms with van der Waals surface area (Å²) in [4.78, 5) is 29.6. The summed E-state index contributed by atoms with van der Waals surface area (Å²) in [6, 6.07) is 10.4. The molecule has 0 spiro atoms. The highest BCUT2D eigenvalue weighted by Gasteiger charge is 2.16. The predicted octanol–water partition coefficient (Wildman–Crippen LogP) is 1.74. The second-order valence-corrected chi connectivity index (χ2v) is 6.06. The quantitative estimate of drug-likeness (QED) is 0.738. The average molecular weight is 313 g/mol. The Bertz CT molecular complexity index is 912. The minimum atomic E-state index is -1.30. The number of hydrogen-bond donors (Lipinski definition) is 0. The molecule has 6 heteroatoms. The van der Waals surface area contributed by atoms with Gasteiger partial charge in [-0.2, -0.15) is 0 Å². The summed E-state index contributed by atoms with van der Waals surface area (Å²) in [5.41, 5.74) is 0.652.